The quantitative estimate of drug-likeness (QED) is 0.927. The molecule has 0 spiro atoms. The van der Waals surface area contributed by atoms with E-state index in [-0.39, 0.29) is 10.9 Å². The van der Waals surface area contributed by atoms with Crippen molar-refractivity contribution < 1.29 is 17.2 Å². The van der Waals surface area contributed by atoms with Gasteiger partial charge in [-0.25, -0.2) is 17.2 Å². The maximum Gasteiger partial charge on any atom is 0.178 e. The molecule has 1 aromatic heterocycles. The van der Waals surface area contributed by atoms with E-state index in [1.807, 2.05) is 4.90 Å². The van der Waals surface area contributed by atoms with Crippen LogP contribution in [0.5, 0.6) is 0 Å². The number of aromatic nitrogens is 2. The first-order chi connectivity index (χ1) is 10.8. The molecule has 1 fully saturated rings. The van der Waals surface area contributed by atoms with Gasteiger partial charge in [-0.15, -0.1) is 0 Å². The third-order valence-electron chi connectivity index (χ3n) is 4.04. The van der Waals surface area contributed by atoms with Crippen LogP contribution in [0, 0.1) is 11.6 Å². The summed E-state index contributed by atoms with van der Waals surface area (Å²) in [7, 11) is -3.38. The van der Waals surface area contributed by atoms with Crippen molar-refractivity contribution in [1.29, 1.82) is 0 Å². The predicted molar refractivity (Wildman–Crippen MR) is 80.4 cm³/mol. The topological polar surface area (TPSA) is 66.1 Å². The van der Waals surface area contributed by atoms with Crippen LogP contribution >= 0.6 is 0 Å². The molecule has 1 aromatic carbocycles. The summed E-state index contributed by atoms with van der Waals surface area (Å²) in [5, 5.41) is 6.63. The Morgan fingerprint density at radius 2 is 2.00 bits per heavy atom. The molecule has 1 saturated heterocycles. The Morgan fingerprint density at radius 3 is 2.65 bits per heavy atom. The monoisotopic (exact) mass is 341 g/mol. The number of aromatic amines is 1. The summed E-state index contributed by atoms with van der Waals surface area (Å²) in [4.78, 5) is 2.19. The third kappa shape index (κ3) is 3.42. The maximum atomic E-state index is 13.3. The highest BCUT2D eigenvalue weighted by atomic mass is 32.2. The standard InChI is InChI=1S/C15H17F2N3O2S/c1-23(21,22)14-8-18-19-15(14)13-3-2-4-20(13)9-10-5-11(16)7-12(17)6-10/h5-8,13H,2-4,9H2,1H3,(H,18,19)/t13-/m1/s1. The Balaban J connectivity index is 1.88. The van der Waals surface area contributed by atoms with Gasteiger partial charge in [-0.1, -0.05) is 0 Å². The van der Waals surface area contributed by atoms with Crippen molar-refractivity contribution in [3.05, 3.63) is 47.3 Å². The molecule has 2 aromatic rings. The summed E-state index contributed by atoms with van der Waals surface area (Å²) in [6.07, 6.45) is 4.10. The van der Waals surface area contributed by atoms with E-state index in [1.54, 1.807) is 0 Å². The van der Waals surface area contributed by atoms with E-state index in [0.717, 1.165) is 31.7 Å². The highest BCUT2D eigenvalue weighted by Crippen LogP contribution is 2.35. The fourth-order valence-electron chi connectivity index (χ4n) is 3.10. The van der Waals surface area contributed by atoms with Crippen molar-refractivity contribution in [1.82, 2.24) is 15.1 Å². The van der Waals surface area contributed by atoms with Gasteiger partial charge in [0, 0.05) is 18.9 Å². The van der Waals surface area contributed by atoms with Gasteiger partial charge in [0.1, 0.15) is 16.5 Å². The number of hydrogen-bond donors (Lipinski definition) is 1. The molecule has 1 atom stereocenters. The number of nitrogens with zero attached hydrogens (tertiary/aromatic N) is 2. The molecule has 5 nitrogen and oxygen atoms in total. The number of halogens is 2. The second kappa shape index (κ2) is 6.01. The number of nitrogens with one attached hydrogen (secondary N) is 1. The maximum absolute atomic E-state index is 13.3. The lowest BCUT2D eigenvalue weighted by Crippen LogP contribution is -2.24. The number of rotatable bonds is 4. The van der Waals surface area contributed by atoms with Gasteiger partial charge >= 0.3 is 0 Å². The Bertz CT molecular complexity index is 800. The Kier molecular flexibility index (Phi) is 4.20. The molecule has 23 heavy (non-hydrogen) atoms. The van der Waals surface area contributed by atoms with Crippen LogP contribution in [0.2, 0.25) is 0 Å². The van der Waals surface area contributed by atoms with Crippen LogP contribution in [-0.4, -0.2) is 36.3 Å². The van der Waals surface area contributed by atoms with E-state index in [9.17, 15) is 17.2 Å². The van der Waals surface area contributed by atoms with Crippen molar-refractivity contribution in [2.75, 3.05) is 12.8 Å². The summed E-state index contributed by atoms with van der Waals surface area (Å²) in [5.41, 5.74) is 1.07. The van der Waals surface area contributed by atoms with Crippen LogP contribution in [-0.2, 0) is 16.4 Å². The zero-order chi connectivity index (χ0) is 16.6. The number of sulfone groups is 1. The number of hydrogen-bond acceptors (Lipinski definition) is 4. The first-order valence-electron chi connectivity index (χ1n) is 7.27. The van der Waals surface area contributed by atoms with E-state index in [4.69, 9.17) is 0 Å². The van der Waals surface area contributed by atoms with Crippen LogP contribution in [0.4, 0.5) is 8.78 Å². The SMILES string of the molecule is CS(=O)(=O)c1cn[nH]c1[C@H]1CCCN1Cc1cc(F)cc(F)c1. The normalized spacial score (nSPS) is 19.3. The van der Waals surface area contributed by atoms with Crippen molar-refractivity contribution in [2.45, 2.75) is 30.3 Å². The Morgan fingerprint density at radius 1 is 1.30 bits per heavy atom. The molecule has 3 rings (SSSR count). The molecule has 0 amide bonds. The average molecular weight is 341 g/mol. The minimum Gasteiger partial charge on any atom is -0.290 e. The van der Waals surface area contributed by atoms with Gasteiger partial charge in [0.2, 0.25) is 0 Å². The van der Waals surface area contributed by atoms with Gasteiger partial charge in [0.25, 0.3) is 0 Å². The first-order valence-corrected chi connectivity index (χ1v) is 9.16. The molecule has 0 radical (unpaired) electrons. The van der Waals surface area contributed by atoms with Crippen molar-refractivity contribution in [3.8, 4) is 0 Å². The van der Waals surface area contributed by atoms with Gasteiger partial charge in [-0.2, -0.15) is 5.10 Å². The minimum atomic E-state index is -3.38. The van der Waals surface area contributed by atoms with E-state index < -0.39 is 21.5 Å². The summed E-state index contributed by atoms with van der Waals surface area (Å²) in [5.74, 6) is -1.23. The Labute approximate surface area is 133 Å². The van der Waals surface area contributed by atoms with E-state index in [2.05, 4.69) is 10.2 Å². The van der Waals surface area contributed by atoms with Crippen LogP contribution in [0.1, 0.15) is 30.1 Å². The third-order valence-corrected chi connectivity index (χ3v) is 5.16. The minimum absolute atomic E-state index is 0.159. The zero-order valence-electron chi connectivity index (χ0n) is 12.6. The van der Waals surface area contributed by atoms with E-state index in [0.29, 0.717) is 17.8 Å². The van der Waals surface area contributed by atoms with Gasteiger partial charge in [-0.3, -0.25) is 10.00 Å². The molecule has 1 aliphatic heterocycles. The molecule has 0 unspecified atom stereocenters. The smallest absolute Gasteiger partial charge is 0.178 e. The number of benzene rings is 1. The van der Waals surface area contributed by atoms with Crippen molar-refractivity contribution in [3.63, 3.8) is 0 Å². The van der Waals surface area contributed by atoms with Gasteiger partial charge in [0.15, 0.2) is 9.84 Å². The number of H-pyrrole nitrogens is 1. The molecule has 0 bridgehead atoms. The first kappa shape index (κ1) is 16.1. The van der Waals surface area contributed by atoms with Crippen molar-refractivity contribution >= 4 is 9.84 Å². The molecule has 8 heteroatoms. The van der Waals surface area contributed by atoms with Crippen molar-refractivity contribution in [2.24, 2.45) is 0 Å². The summed E-state index contributed by atoms with van der Waals surface area (Å²) in [6.45, 7) is 1.08. The van der Waals surface area contributed by atoms with Crippen LogP contribution in [0.15, 0.2) is 29.3 Å². The Hall–Kier alpha value is -1.80. The molecule has 124 valence electrons. The zero-order valence-corrected chi connectivity index (χ0v) is 13.4. The van der Waals surface area contributed by atoms with Crippen LogP contribution in [0.25, 0.3) is 0 Å². The lowest BCUT2D eigenvalue weighted by molar-refractivity contribution is 0.241. The molecular weight excluding hydrogens is 324 g/mol. The van der Waals surface area contributed by atoms with E-state index >= 15 is 0 Å². The molecule has 0 saturated carbocycles. The molecule has 1 aliphatic rings. The predicted octanol–water partition coefficient (Wildman–Crippen LogP) is 2.43. The molecule has 0 aliphatic carbocycles. The summed E-state index contributed by atoms with van der Waals surface area (Å²) in [6, 6.07) is 3.27. The van der Waals surface area contributed by atoms with Crippen LogP contribution < -0.4 is 0 Å². The molecule has 2 heterocycles. The van der Waals surface area contributed by atoms with Gasteiger partial charge < -0.3 is 0 Å². The number of likely N-dealkylation sites (tertiary alicyclic amines) is 1. The summed E-state index contributed by atoms with van der Waals surface area (Å²) < 4.78 is 50.4. The summed E-state index contributed by atoms with van der Waals surface area (Å²) >= 11 is 0. The second-order valence-corrected chi connectivity index (χ2v) is 7.81. The molecule has 1 N–H and O–H groups in total. The largest absolute Gasteiger partial charge is 0.290 e. The van der Waals surface area contributed by atoms with E-state index in [1.165, 1.54) is 18.3 Å². The fraction of sp³-hybridized carbons (Fsp3) is 0.400. The lowest BCUT2D eigenvalue weighted by atomic mass is 10.1. The fourth-order valence-corrected chi connectivity index (χ4v) is 3.92. The lowest BCUT2D eigenvalue weighted by Gasteiger charge is -2.24. The molecular formula is C15H17F2N3O2S. The second-order valence-electron chi connectivity index (χ2n) is 5.83. The van der Waals surface area contributed by atoms with Gasteiger partial charge in [0.05, 0.1) is 17.9 Å². The average Bonchev–Trinajstić information content (AvgIpc) is 3.04. The van der Waals surface area contributed by atoms with Crippen LogP contribution in [0.3, 0.4) is 0 Å². The highest BCUT2D eigenvalue weighted by Gasteiger charge is 2.31. The highest BCUT2D eigenvalue weighted by molar-refractivity contribution is 7.90. The van der Waals surface area contributed by atoms with Gasteiger partial charge in [-0.05, 0) is 37.1 Å².